The third-order valence-electron chi connectivity index (χ3n) is 4.23. The maximum Gasteiger partial charge on any atom is 0.411 e. The molecular weight excluding hydrogens is 348 g/mol. The average molecular weight is 380 g/mol. The molecule has 0 atom stereocenters. The summed E-state index contributed by atoms with van der Waals surface area (Å²) < 4.78 is 21.6. The molecule has 0 aliphatic carbocycles. The third kappa shape index (κ3) is 9.60. The van der Waals surface area contributed by atoms with Crippen molar-refractivity contribution >= 4 is 11.8 Å². The SMILES string of the molecule is CCCCCOCCOC(=O)Nc1ccc(OCCN2CCOCC2)cc1. The summed E-state index contributed by atoms with van der Waals surface area (Å²) in [4.78, 5) is 14.1. The number of amides is 1. The second-order valence-electron chi connectivity index (χ2n) is 6.41. The number of rotatable bonds is 12. The van der Waals surface area contributed by atoms with Gasteiger partial charge in [0.15, 0.2) is 0 Å². The maximum absolute atomic E-state index is 11.7. The smallest absolute Gasteiger partial charge is 0.411 e. The molecule has 1 aromatic carbocycles. The molecule has 0 aromatic heterocycles. The Kier molecular flexibility index (Phi) is 10.6. The van der Waals surface area contributed by atoms with Crippen LogP contribution < -0.4 is 10.1 Å². The first kappa shape index (κ1) is 21.5. The number of nitrogens with one attached hydrogen (secondary N) is 1. The van der Waals surface area contributed by atoms with Gasteiger partial charge < -0.3 is 18.9 Å². The second kappa shape index (κ2) is 13.4. The Labute approximate surface area is 161 Å². The highest BCUT2D eigenvalue weighted by atomic mass is 16.6. The van der Waals surface area contributed by atoms with Crippen LogP contribution in [0.15, 0.2) is 24.3 Å². The van der Waals surface area contributed by atoms with E-state index in [-0.39, 0.29) is 6.61 Å². The van der Waals surface area contributed by atoms with Gasteiger partial charge in [0.1, 0.15) is 19.0 Å². The molecule has 0 radical (unpaired) electrons. The zero-order valence-electron chi connectivity index (χ0n) is 16.3. The van der Waals surface area contributed by atoms with E-state index >= 15 is 0 Å². The number of morpholine rings is 1. The molecule has 7 nitrogen and oxygen atoms in total. The topological polar surface area (TPSA) is 69.3 Å². The highest BCUT2D eigenvalue weighted by Crippen LogP contribution is 2.16. The Hall–Kier alpha value is -1.83. The fraction of sp³-hybridized carbons (Fsp3) is 0.650. The summed E-state index contributed by atoms with van der Waals surface area (Å²) in [5, 5.41) is 2.69. The largest absolute Gasteiger partial charge is 0.492 e. The van der Waals surface area contributed by atoms with Crippen LogP contribution in [0.1, 0.15) is 26.2 Å². The standard InChI is InChI=1S/C20H32N2O5/c1-2-3-4-12-24-16-17-27-20(23)21-18-5-7-19(8-6-18)26-15-11-22-9-13-25-14-10-22/h5-8H,2-4,9-17H2,1H3,(H,21,23). The first-order chi connectivity index (χ1) is 13.3. The summed E-state index contributed by atoms with van der Waals surface area (Å²) in [6, 6.07) is 7.27. The van der Waals surface area contributed by atoms with Crippen molar-refractivity contribution < 1.29 is 23.7 Å². The first-order valence-electron chi connectivity index (χ1n) is 9.82. The molecule has 152 valence electrons. The van der Waals surface area contributed by atoms with Gasteiger partial charge in [-0.15, -0.1) is 0 Å². The van der Waals surface area contributed by atoms with Crippen LogP contribution in [-0.4, -0.2) is 70.3 Å². The molecule has 1 amide bonds. The molecule has 27 heavy (non-hydrogen) atoms. The average Bonchev–Trinajstić information content (AvgIpc) is 2.69. The van der Waals surface area contributed by atoms with Gasteiger partial charge in [0, 0.05) is 31.9 Å². The minimum Gasteiger partial charge on any atom is -0.492 e. The lowest BCUT2D eigenvalue weighted by Crippen LogP contribution is -2.38. The Morgan fingerprint density at radius 1 is 1.07 bits per heavy atom. The third-order valence-corrected chi connectivity index (χ3v) is 4.23. The normalized spacial score (nSPS) is 14.7. The Bertz CT molecular complexity index is 518. The molecule has 1 saturated heterocycles. The predicted molar refractivity (Wildman–Crippen MR) is 105 cm³/mol. The number of ether oxygens (including phenoxy) is 4. The van der Waals surface area contributed by atoms with E-state index in [2.05, 4.69) is 17.1 Å². The molecule has 1 aromatic rings. The van der Waals surface area contributed by atoms with E-state index in [1.54, 1.807) is 12.1 Å². The van der Waals surface area contributed by atoms with Gasteiger partial charge >= 0.3 is 6.09 Å². The van der Waals surface area contributed by atoms with Crippen LogP contribution in [-0.2, 0) is 14.2 Å². The number of anilines is 1. The summed E-state index contributed by atoms with van der Waals surface area (Å²) in [7, 11) is 0. The minimum absolute atomic E-state index is 0.251. The van der Waals surface area contributed by atoms with E-state index in [9.17, 15) is 4.79 Å². The highest BCUT2D eigenvalue weighted by molar-refractivity contribution is 5.84. The van der Waals surface area contributed by atoms with Crippen molar-refractivity contribution in [2.24, 2.45) is 0 Å². The number of nitrogens with zero attached hydrogens (tertiary/aromatic N) is 1. The highest BCUT2D eigenvalue weighted by Gasteiger charge is 2.09. The number of benzene rings is 1. The van der Waals surface area contributed by atoms with Crippen molar-refractivity contribution in [3.05, 3.63) is 24.3 Å². The second-order valence-corrected chi connectivity index (χ2v) is 6.41. The molecule has 0 unspecified atom stereocenters. The van der Waals surface area contributed by atoms with Crippen LogP contribution in [0.25, 0.3) is 0 Å². The van der Waals surface area contributed by atoms with Gasteiger partial charge in [0.05, 0.1) is 19.8 Å². The number of hydrogen-bond acceptors (Lipinski definition) is 6. The van der Waals surface area contributed by atoms with Crippen LogP contribution in [0.4, 0.5) is 10.5 Å². The fourth-order valence-electron chi connectivity index (χ4n) is 2.66. The van der Waals surface area contributed by atoms with Crippen molar-refractivity contribution in [1.82, 2.24) is 4.90 Å². The zero-order valence-corrected chi connectivity index (χ0v) is 16.3. The van der Waals surface area contributed by atoms with E-state index in [1.807, 2.05) is 12.1 Å². The lowest BCUT2D eigenvalue weighted by Gasteiger charge is -2.26. The predicted octanol–water partition coefficient (Wildman–Crippen LogP) is 3.15. The van der Waals surface area contributed by atoms with Gasteiger partial charge in [-0.25, -0.2) is 4.79 Å². The summed E-state index contributed by atoms with van der Waals surface area (Å²) >= 11 is 0. The summed E-state index contributed by atoms with van der Waals surface area (Å²) in [5.41, 5.74) is 0.671. The first-order valence-corrected chi connectivity index (χ1v) is 9.82. The molecule has 0 bridgehead atoms. The molecule has 1 aliphatic heterocycles. The molecule has 0 spiro atoms. The molecule has 2 rings (SSSR count). The Balaban J connectivity index is 1.55. The van der Waals surface area contributed by atoms with Crippen molar-refractivity contribution in [3.8, 4) is 5.75 Å². The van der Waals surface area contributed by atoms with Crippen molar-refractivity contribution in [2.75, 3.05) is 64.6 Å². The fourth-order valence-corrected chi connectivity index (χ4v) is 2.66. The van der Waals surface area contributed by atoms with E-state index in [0.29, 0.717) is 25.5 Å². The van der Waals surface area contributed by atoms with E-state index in [1.165, 1.54) is 6.42 Å². The van der Waals surface area contributed by atoms with Crippen LogP contribution >= 0.6 is 0 Å². The molecule has 1 fully saturated rings. The zero-order chi connectivity index (χ0) is 19.2. The van der Waals surface area contributed by atoms with Gasteiger partial charge in [-0.2, -0.15) is 0 Å². The summed E-state index contributed by atoms with van der Waals surface area (Å²) in [6.07, 6.45) is 2.89. The summed E-state index contributed by atoms with van der Waals surface area (Å²) in [5.74, 6) is 0.780. The minimum atomic E-state index is -0.479. The van der Waals surface area contributed by atoms with Gasteiger partial charge in [-0.05, 0) is 30.7 Å². The van der Waals surface area contributed by atoms with Gasteiger partial charge in [0.2, 0.25) is 0 Å². The maximum atomic E-state index is 11.7. The number of hydrogen-bond donors (Lipinski definition) is 1. The van der Waals surface area contributed by atoms with E-state index < -0.39 is 6.09 Å². The number of unbranched alkanes of at least 4 members (excludes halogenated alkanes) is 2. The van der Waals surface area contributed by atoms with Crippen LogP contribution in [0.3, 0.4) is 0 Å². The molecule has 1 aliphatic rings. The van der Waals surface area contributed by atoms with Crippen molar-refractivity contribution in [1.29, 1.82) is 0 Å². The van der Waals surface area contributed by atoms with Crippen LogP contribution in [0.5, 0.6) is 5.75 Å². The van der Waals surface area contributed by atoms with Crippen molar-refractivity contribution in [2.45, 2.75) is 26.2 Å². The number of carbonyl (C=O) groups excluding carboxylic acids is 1. The van der Waals surface area contributed by atoms with Crippen LogP contribution in [0.2, 0.25) is 0 Å². The van der Waals surface area contributed by atoms with Crippen molar-refractivity contribution in [3.63, 3.8) is 0 Å². The molecule has 1 heterocycles. The number of carbonyl (C=O) groups is 1. The van der Waals surface area contributed by atoms with Gasteiger partial charge in [-0.3, -0.25) is 10.2 Å². The monoisotopic (exact) mass is 380 g/mol. The lowest BCUT2D eigenvalue weighted by molar-refractivity contribution is 0.0322. The Morgan fingerprint density at radius 2 is 1.85 bits per heavy atom. The lowest BCUT2D eigenvalue weighted by atomic mass is 10.3. The van der Waals surface area contributed by atoms with E-state index in [4.69, 9.17) is 18.9 Å². The molecule has 0 saturated carbocycles. The molecule has 1 N–H and O–H groups in total. The van der Waals surface area contributed by atoms with Gasteiger partial charge in [0.25, 0.3) is 0 Å². The Morgan fingerprint density at radius 3 is 2.59 bits per heavy atom. The van der Waals surface area contributed by atoms with Crippen LogP contribution in [0, 0.1) is 0 Å². The molecular formula is C20H32N2O5. The molecule has 7 heteroatoms. The van der Waals surface area contributed by atoms with Gasteiger partial charge in [-0.1, -0.05) is 19.8 Å². The van der Waals surface area contributed by atoms with E-state index in [0.717, 1.165) is 51.4 Å². The summed E-state index contributed by atoms with van der Waals surface area (Å²) in [6.45, 7) is 8.56. The quantitative estimate of drug-likeness (QED) is 0.562.